The van der Waals surface area contributed by atoms with E-state index in [9.17, 15) is 22.8 Å². The summed E-state index contributed by atoms with van der Waals surface area (Å²) in [4.78, 5) is 22.5. The summed E-state index contributed by atoms with van der Waals surface area (Å²) in [6.45, 7) is 0.363. The number of carboxylic acid groups (broad SMARTS) is 1. The van der Waals surface area contributed by atoms with Gasteiger partial charge < -0.3 is 10.4 Å². The maximum atomic E-state index is 12.8. The fourth-order valence-corrected chi connectivity index (χ4v) is 1.96. The van der Waals surface area contributed by atoms with Crippen molar-refractivity contribution in [2.24, 2.45) is 0 Å². The van der Waals surface area contributed by atoms with Gasteiger partial charge in [-0.15, -0.1) is 0 Å². The molecule has 1 atom stereocenters. The van der Waals surface area contributed by atoms with E-state index in [0.29, 0.717) is 6.92 Å². The molecule has 0 spiro atoms. The molecule has 21 heavy (non-hydrogen) atoms. The van der Waals surface area contributed by atoms with E-state index in [1.54, 1.807) is 0 Å². The number of nitrogens with one attached hydrogen (secondary N) is 1. The molecule has 0 radical (unpaired) electrons. The Morgan fingerprint density at radius 2 is 1.71 bits per heavy atom. The van der Waals surface area contributed by atoms with E-state index in [4.69, 9.17) is 28.3 Å². The Balaban J connectivity index is 2.98. The first-order chi connectivity index (χ1) is 9.49. The van der Waals surface area contributed by atoms with Crippen LogP contribution in [0.5, 0.6) is 0 Å². The van der Waals surface area contributed by atoms with Gasteiger partial charge in [-0.2, -0.15) is 13.2 Å². The topological polar surface area (TPSA) is 66.4 Å². The predicted octanol–water partition coefficient (Wildman–Crippen LogP) is 3.06. The van der Waals surface area contributed by atoms with Gasteiger partial charge >= 0.3 is 12.1 Å². The van der Waals surface area contributed by atoms with Gasteiger partial charge in [-0.25, -0.2) is 4.79 Å². The first-order valence-electron chi connectivity index (χ1n) is 5.53. The highest BCUT2D eigenvalue weighted by Gasteiger charge is 2.58. The second kappa shape index (κ2) is 6.11. The Morgan fingerprint density at radius 3 is 2.10 bits per heavy atom. The molecule has 0 saturated carbocycles. The van der Waals surface area contributed by atoms with E-state index in [1.807, 2.05) is 0 Å². The van der Waals surface area contributed by atoms with Crippen molar-refractivity contribution in [2.75, 3.05) is 0 Å². The Labute approximate surface area is 127 Å². The zero-order valence-electron chi connectivity index (χ0n) is 10.6. The van der Waals surface area contributed by atoms with E-state index >= 15 is 0 Å². The SMILES string of the molecule is CC(NC(=O)Cc1c(Cl)cccc1Cl)(C(=O)O)C(F)(F)F. The lowest BCUT2D eigenvalue weighted by Crippen LogP contribution is -2.62. The molecule has 0 heterocycles. The highest BCUT2D eigenvalue weighted by Crippen LogP contribution is 2.31. The monoisotopic (exact) mass is 343 g/mol. The lowest BCUT2D eigenvalue weighted by atomic mass is 10.0. The number of carbonyl (C=O) groups is 2. The van der Waals surface area contributed by atoms with Crippen LogP contribution < -0.4 is 5.32 Å². The number of aliphatic carboxylic acids is 1. The van der Waals surface area contributed by atoms with Crippen LogP contribution in [-0.2, 0) is 16.0 Å². The summed E-state index contributed by atoms with van der Waals surface area (Å²) >= 11 is 11.6. The molecule has 0 aromatic heterocycles. The summed E-state index contributed by atoms with van der Waals surface area (Å²) in [6, 6.07) is 4.33. The summed E-state index contributed by atoms with van der Waals surface area (Å²) in [5, 5.41) is 10.4. The number of hydrogen-bond acceptors (Lipinski definition) is 2. The van der Waals surface area contributed by atoms with Gasteiger partial charge in [0.05, 0.1) is 6.42 Å². The standard InChI is InChI=1S/C12H10Cl2F3NO3/c1-11(10(20)21,12(15,16)17)18-9(19)5-6-7(13)3-2-4-8(6)14/h2-4H,5H2,1H3,(H,18,19)(H,20,21). The zero-order valence-corrected chi connectivity index (χ0v) is 12.1. The van der Waals surface area contributed by atoms with Gasteiger partial charge in [0.15, 0.2) is 0 Å². The number of carbonyl (C=O) groups excluding carboxylic acids is 1. The molecular formula is C12H10Cl2F3NO3. The van der Waals surface area contributed by atoms with E-state index in [2.05, 4.69) is 0 Å². The number of rotatable bonds is 4. The van der Waals surface area contributed by atoms with Crippen LogP contribution in [0, 0.1) is 0 Å². The lowest BCUT2D eigenvalue weighted by Gasteiger charge is -2.28. The molecule has 0 bridgehead atoms. The third-order valence-electron chi connectivity index (χ3n) is 2.78. The highest BCUT2D eigenvalue weighted by molar-refractivity contribution is 6.36. The van der Waals surface area contributed by atoms with Crippen LogP contribution >= 0.6 is 23.2 Å². The molecule has 1 aromatic rings. The van der Waals surface area contributed by atoms with Crippen molar-refractivity contribution in [3.8, 4) is 0 Å². The highest BCUT2D eigenvalue weighted by atomic mass is 35.5. The van der Waals surface area contributed by atoms with Gasteiger partial charge in [-0.1, -0.05) is 29.3 Å². The molecule has 0 fully saturated rings. The summed E-state index contributed by atoms with van der Waals surface area (Å²) in [5.41, 5.74) is -3.27. The molecule has 116 valence electrons. The molecule has 4 nitrogen and oxygen atoms in total. The van der Waals surface area contributed by atoms with Gasteiger partial charge in [-0.05, 0) is 24.6 Å². The van der Waals surface area contributed by atoms with Crippen LogP contribution in [0.4, 0.5) is 13.2 Å². The minimum Gasteiger partial charge on any atom is -0.479 e. The summed E-state index contributed by atoms with van der Waals surface area (Å²) < 4.78 is 38.3. The normalized spacial score (nSPS) is 14.4. The Kier molecular flexibility index (Phi) is 5.11. The van der Waals surface area contributed by atoms with Gasteiger partial charge in [-0.3, -0.25) is 4.79 Å². The minimum atomic E-state index is -5.15. The Bertz CT molecular complexity index is 557. The average molecular weight is 344 g/mol. The maximum absolute atomic E-state index is 12.8. The fourth-order valence-electron chi connectivity index (χ4n) is 1.43. The Hall–Kier alpha value is -1.47. The smallest absolute Gasteiger partial charge is 0.422 e. The van der Waals surface area contributed by atoms with Crippen LogP contribution in [0.3, 0.4) is 0 Å². The van der Waals surface area contributed by atoms with E-state index in [-0.39, 0.29) is 15.6 Å². The van der Waals surface area contributed by atoms with Gasteiger partial charge in [0.2, 0.25) is 11.4 Å². The number of carboxylic acids is 1. The second-order valence-corrected chi connectivity index (χ2v) is 5.17. The lowest BCUT2D eigenvalue weighted by molar-refractivity contribution is -0.206. The van der Waals surface area contributed by atoms with Crippen molar-refractivity contribution in [3.63, 3.8) is 0 Å². The van der Waals surface area contributed by atoms with Crippen molar-refractivity contribution in [3.05, 3.63) is 33.8 Å². The molecule has 2 N–H and O–H groups in total. The minimum absolute atomic E-state index is 0.0988. The molecule has 9 heteroatoms. The Morgan fingerprint density at radius 1 is 1.24 bits per heavy atom. The first kappa shape index (κ1) is 17.6. The average Bonchev–Trinajstić information content (AvgIpc) is 2.32. The largest absolute Gasteiger partial charge is 0.479 e. The van der Waals surface area contributed by atoms with Crippen molar-refractivity contribution in [1.82, 2.24) is 5.32 Å². The van der Waals surface area contributed by atoms with E-state index in [1.165, 1.54) is 23.5 Å². The van der Waals surface area contributed by atoms with Gasteiger partial charge in [0, 0.05) is 10.0 Å². The molecule has 0 aliphatic carbocycles. The van der Waals surface area contributed by atoms with Crippen LogP contribution in [0.1, 0.15) is 12.5 Å². The number of hydrogen-bond donors (Lipinski definition) is 2. The van der Waals surface area contributed by atoms with Crippen molar-refractivity contribution < 1.29 is 27.9 Å². The van der Waals surface area contributed by atoms with Crippen molar-refractivity contribution in [2.45, 2.75) is 25.1 Å². The van der Waals surface area contributed by atoms with Crippen LogP contribution in [0.2, 0.25) is 10.0 Å². The van der Waals surface area contributed by atoms with Crippen LogP contribution in [-0.4, -0.2) is 28.7 Å². The summed E-state index contributed by atoms with van der Waals surface area (Å²) in [5.74, 6) is -3.37. The van der Waals surface area contributed by atoms with E-state index in [0.717, 1.165) is 0 Å². The quantitative estimate of drug-likeness (QED) is 0.882. The molecule has 0 aliphatic heterocycles. The fraction of sp³-hybridized carbons (Fsp3) is 0.333. The molecule has 0 saturated heterocycles. The maximum Gasteiger partial charge on any atom is 0.422 e. The van der Waals surface area contributed by atoms with Gasteiger partial charge in [0.25, 0.3) is 0 Å². The predicted molar refractivity (Wildman–Crippen MR) is 70.4 cm³/mol. The number of halogens is 5. The number of amides is 1. The van der Waals surface area contributed by atoms with Crippen LogP contribution in [0.15, 0.2) is 18.2 Å². The van der Waals surface area contributed by atoms with Crippen LogP contribution in [0.25, 0.3) is 0 Å². The molecule has 1 amide bonds. The number of alkyl halides is 3. The van der Waals surface area contributed by atoms with Crippen molar-refractivity contribution >= 4 is 35.1 Å². The molecule has 1 rings (SSSR count). The van der Waals surface area contributed by atoms with Gasteiger partial charge in [0.1, 0.15) is 0 Å². The third kappa shape index (κ3) is 3.79. The number of benzene rings is 1. The molecular weight excluding hydrogens is 334 g/mol. The second-order valence-electron chi connectivity index (χ2n) is 4.35. The van der Waals surface area contributed by atoms with E-state index < -0.39 is 30.0 Å². The summed E-state index contributed by atoms with van der Waals surface area (Å²) in [7, 11) is 0. The zero-order chi connectivity index (χ0) is 16.4. The molecule has 1 unspecified atom stereocenters. The summed E-state index contributed by atoms with van der Waals surface area (Å²) in [6.07, 6.45) is -5.73. The first-order valence-corrected chi connectivity index (χ1v) is 6.28. The van der Waals surface area contributed by atoms with Crippen molar-refractivity contribution in [1.29, 1.82) is 0 Å². The third-order valence-corrected chi connectivity index (χ3v) is 3.49. The molecule has 0 aliphatic rings. The molecule has 1 aromatic carbocycles.